The van der Waals surface area contributed by atoms with Crippen LogP contribution in [0.4, 0.5) is 17.1 Å². The monoisotopic (exact) mass is 751 g/mol. The van der Waals surface area contributed by atoms with Crippen LogP contribution in [-0.4, -0.2) is 0 Å². The quantitative estimate of drug-likeness (QED) is 0.142. The standard InChI is InChI=1S/C58H41N/c1-4-19-42(20-5-1)43-37-39-47(40-38-43)53-31-14-15-35-56(53)59(49-28-16-27-48(41-49)52-33-17-26-45-25-10-11-29-50(45)52)57-36-18-34-54(46-23-8-3-9-24-46)58(57)55-32-13-12-30-51(55)44-21-6-2-7-22-44/h1-41H. The highest BCUT2D eigenvalue weighted by Gasteiger charge is 2.25. The van der Waals surface area contributed by atoms with Gasteiger partial charge in [0, 0.05) is 16.8 Å². The van der Waals surface area contributed by atoms with Crippen molar-refractivity contribution >= 4 is 27.8 Å². The molecule has 0 aliphatic heterocycles. The van der Waals surface area contributed by atoms with Gasteiger partial charge in [-0.2, -0.15) is 0 Å². The Labute approximate surface area is 346 Å². The van der Waals surface area contributed by atoms with Crippen molar-refractivity contribution in [2.45, 2.75) is 0 Å². The molecule has 10 rings (SSSR count). The largest absolute Gasteiger partial charge is 0.309 e. The summed E-state index contributed by atoms with van der Waals surface area (Å²) in [6, 6.07) is 90.0. The number of nitrogens with zero attached hydrogens (tertiary/aromatic N) is 1. The Morgan fingerprint density at radius 2 is 0.678 bits per heavy atom. The number of anilines is 3. The van der Waals surface area contributed by atoms with Gasteiger partial charge in [-0.3, -0.25) is 0 Å². The molecule has 0 radical (unpaired) electrons. The maximum atomic E-state index is 2.48. The summed E-state index contributed by atoms with van der Waals surface area (Å²) in [5, 5.41) is 2.47. The first-order valence-corrected chi connectivity index (χ1v) is 20.3. The summed E-state index contributed by atoms with van der Waals surface area (Å²) in [6.07, 6.45) is 0. The molecule has 0 atom stereocenters. The van der Waals surface area contributed by atoms with Crippen LogP contribution in [0, 0.1) is 0 Å². The predicted molar refractivity (Wildman–Crippen MR) is 251 cm³/mol. The third kappa shape index (κ3) is 7.01. The van der Waals surface area contributed by atoms with E-state index in [1.54, 1.807) is 0 Å². The fourth-order valence-electron chi connectivity index (χ4n) is 8.52. The van der Waals surface area contributed by atoms with E-state index in [9.17, 15) is 0 Å². The van der Waals surface area contributed by atoms with E-state index in [-0.39, 0.29) is 0 Å². The van der Waals surface area contributed by atoms with Crippen molar-refractivity contribution in [2.24, 2.45) is 0 Å². The average molecular weight is 752 g/mol. The average Bonchev–Trinajstić information content (AvgIpc) is 3.32. The Balaban J connectivity index is 1.25. The van der Waals surface area contributed by atoms with Gasteiger partial charge in [-0.25, -0.2) is 0 Å². The van der Waals surface area contributed by atoms with Crippen LogP contribution in [0.2, 0.25) is 0 Å². The van der Waals surface area contributed by atoms with E-state index < -0.39 is 0 Å². The summed E-state index contributed by atoms with van der Waals surface area (Å²) >= 11 is 0. The fraction of sp³-hybridized carbons (Fsp3) is 0. The van der Waals surface area contributed by atoms with Crippen LogP contribution in [0.3, 0.4) is 0 Å². The van der Waals surface area contributed by atoms with Gasteiger partial charge >= 0.3 is 0 Å². The summed E-state index contributed by atoms with van der Waals surface area (Å²) in [6.45, 7) is 0. The van der Waals surface area contributed by atoms with E-state index in [0.717, 1.165) is 28.2 Å². The highest BCUT2D eigenvalue weighted by molar-refractivity contribution is 6.03. The summed E-state index contributed by atoms with van der Waals surface area (Å²) in [5.41, 5.74) is 17.4. The van der Waals surface area contributed by atoms with E-state index in [4.69, 9.17) is 0 Å². The zero-order valence-electron chi connectivity index (χ0n) is 32.6. The SMILES string of the molecule is c1ccc(-c2ccc(-c3ccccc3N(c3cccc(-c4cccc5ccccc45)c3)c3cccc(-c4ccccc4)c3-c3ccccc3-c3ccccc3)cc2)cc1. The van der Waals surface area contributed by atoms with Crippen LogP contribution >= 0.6 is 0 Å². The van der Waals surface area contributed by atoms with Crippen LogP contribution in [0.25, 0.3) is 77.5 Å². The smallest absolute Gasteiger partial charge is 0.0546 e. The van der Waals surface area contributed by atoms with E-state index >= 15 is 0 Å². The molecule has 10 aromatic rings. The highest BCUT2D eigenvalue weighted by Crippen LogP contribution is 2.50. The molecule has 0 bridgehead atoms. The molecule has 1 nitrogen and oxygen atoms in total. The van der Waals surface area contributed by atoms with E-state index in [1.807, 2.05) is 0 Å². The molecule has 0 aromatic heterocycles. The number of hydrogen-bond donors (Lipinski definition) is 0. The van der Waals surface area contributed by atoms with Crippen LogP contribution in [0.5, 0.6) is 0 Å². The normalized spacial score (nSPS) is 11.1. The van der Waals surface area contributed by atoms with Gasteiger partial charge in [0.1, 0.15) is 0 Å². The molecule has 278 valence electrons. The third-order valence-corrected chi connectivity index (χ3v) is 11.3. The first-order chi connectivity index (χ1) is 29.3. The van der Waals surface area contributed by atoms with E-state index in [1.165, 1.54) is 66.4 Å². The lowest BCUT2D eigenvalue weighted by molar-refractivity contribution is 1.28. The van der Waals surface area contributed by atoms with Crippen molar-refractivity contribution in [3.8, 4) is 66.8 Å². The molecule has 0 N–H and O–H groups in total. The minimum Gasteiger partial charge on any atom is -0.309 e. The van der Waals surface area contributed by atoms with Crippen molar-refractivity contribution in [1.82, 2.24) is 0 Å². The minimum atomic E-state index is 1.08. The van der Waals surface area contributed by atoms with Crippen LogP contribution < -0.4 is 4.90 Å². The van der Waals surface area contributed by atoms with Crippen molar-refractivity contribution < 1.29 is 0 Å². The zero-order valence-corrected chi connectivity index (χ0v) is 32.6. The predicted octanol–water partition coefficient (Wildman–Crippen LogP) is 16.3. The Kier molecular flexibility index (Phi) is 9.68. The van der Waals surface area contributed by atoms with Gasteiger partial charge in [-0.15, -0.1) is 0 Å². The molecule has 0 aliphatic carbocycles. The molecule has 1 heteroatoms. The zero-order chi connectivity index (χ0) is 39.4. The highest BCUT2D eigenvalue weighted by atomic mass is 15.1. The molecule has 0 amide bonds. The molecule has 0 fully saturated rings. The van der Waals surface area contributed by atoms with Crippen molar-refractivity contribution in [1.29, 1.82) is 0 Å². The van der Waals surface area contributed by atoms with E-state index in [0.29, 0.717) is 0 Å². The molecule has 59 heavy (non-hydrogen) atoms. The summed E-state index contributed by atoms with van der Waals surface area (Å²) in [5.74, 6) is 0. The molecule has 0 heterocycles. The number of hydrogen-bond acceptors (Lipinski definition) is 1. The third-order valence-electron chi connectivity index (χ3n) is 11.3. The van der Waals surface area contributed by atoms with Crippen molar-refractivity contribution in [3.05, 3.63) is 249 Å². The van der Waals surface area contributed by atoms with Gasteiger partial charge in [-0.1, -0.05) is 224 Å². The van der Waals surface area contributed by atoms with Crippen LogP contribution in [0.1, 0.15) is 0 Å². The van der Waals surface area contributed by atoms with E-state index in [2.05, 4.69) is 254 Å². The van der Waals surface area contributed by atoms with Gasteiger partial charge in [0.05, 0.1) is 11.4 Å². The second-order valence-electron chi connectivity index (χ2n) is 14.9. The molecule has 10 aromatic carbocycles. The Morgan fingerprint density at radius 1 is 0.237 bits per heavy atom. The van der Waals surface area contributed by atoms with Gasteiger partial charge in [0.2, 0.25) is 0 Å². The molecule has 0 spiro atoms. The van der Waals surface area contributed by atoms with Gasteiger partial charge in [0.15, 0.2) is 0 Å². The first-order valence-electron chi connectivity index (χ1n) is 20.3. The fourth-order valence-corrected chi connectivity index (χ4v) is 8.52. The second kappa shape index (κ2) is 16.0. The topological polar surface area (TPSA) is 3.24 Å². The molecular formula is C58H41N. The summed E-state index contributed by atoms with van der Waals surface area (Å²) in [4.78, 5) is 2.48. The number of benzene rings is 10. The van der Waals surface area contributed by atoms with Gasteiger partial charge < -0.3 is 4.90 Å². The maximum Gasteiger partial charge on any atom is 0.0546 e. The number of para-hydroxylation sites is 1. The minimum absolute atomic E-state index is 1.08. The van der Waals surface area contributed by atoms with Crippen LogP contribution in [-0.2, 0) is 0 Å². The van der Waals surface area contributed by atoms with Gasteiger partial charge in [-0.05, 0) is 90.7 Å². The Hall–Kier alpha value is -7.74. The number of fused-ring (bicyclic) bond motifs is 1. The molecule has 0 unspecified atom stereocenters. The number of rotatable bonds is 9. The molecule has 0 saturated heterocycles. The van der Waals surface area contributed by atoms with Crippen LogP contribution in [0.15, 0.2) is 249 Å². The Morgan fingerprint density at radius 3 is 1.42 bits per heavy atom. The molecule has 0 saturated carbocycles. The second-order valence-corrected chi connectivity index (χ2v) is 14.9. The Bertz CT molecular complexity index is 3020. The van der Waals surface area contributed by atoms with Gasteiger partial charge in [0.25, 0.3) is 0 Å². The lowest BCUT2D eigenvalue weighted by Gasteiger charge is -2.32. The maximum absolute atomic E-state index is 2.48. The van der Waals surface area contributed by atoms with Crippen molar-refractivity contribution in [2.75, 3.05) is 4.90 Å². The summed E-state index contributed by atoms with van der Waals surface area (Å²) < 4.78 is 0. The summed E-state index contributed by atoms with van der Waals surface area (Å²) in [7, 11) is 0. The molecular weight excluding hydrogens is 711 g/mol. The first kappa shape index (κ1) is 35.7. The lowest BCUT2D eigenvalue weighted by atomic mass is 9.87. The van der Waals surface area contributed by atoms with Crippen molar-refractivity contribution in [3.63, 3.8) is 0 Å². The molecule has 0 aliphatic rings. The lowest BCUT2D eigenvalue weighted by Crippen LogP contribution is -2.13.